The normalized spacial score (nSPS) is 14.7. The largest absolute Gasteiger partial charge is 0.463 e. The molecular formula is C25H40O5. The number of carbonyl (C=O) groups excluding carboxylic acids is 1. The number of unbranched alkanes of at least 4 members (excludes halogenated alkanes) is 3. The first-order valence-electron chi connectivity index (χ1n) is 11.0. The topological polar surface area (TPSA) is 87.0 Å². The maximum absolute atomic E-state index is 11.4. The molecule has 0 aromatic carbocycles. The van der Waals surface area contributed by atoms with Gasteiger partial charge in [0.15, 0.2) is 0 Å². The third kappa shape index (κ3) is 20.8. The van der Waals surface area contributed by atoms with Crippen LogP contribution in [0.4, 0.5) is 0 Å². The number of aliphatic hydroxyl groups excluding tert-OH is 3. The molecule has 2 atom stereocenters. The Hall–Kier alpha value is -1.95. The van der Waals surface area contributed by atoms with Crippen molar-refractivity contribution < 1.29 is 24.9 Å². The molecule has 0 saturated carbocycles. The van der Waals surface area contributed by atoms with Gasteiger partial charge in [-0.1, -0.05) is 74.1 Å². The summed E-state index contributed by atoms with van der Waals surface area (Å²) in [7, 11) is 0. The molecule has 0 aliphatic carbocycles. The third-order valence-electron chi connectivity index (χ3n) is 4.14. The van der Waals surface area contributed by atoms with Crippen molar-refractivity contribution in [3.05, 3.63) is 60.8 Å². The van der Waals surface area contributed by atoms with Crippen LogP contribution in [-0.2, 0) is 9.53 Å². The summed E-state index contributed by atoms with van der Waals surface area (Å²) in [6, 6.07) is 0. The van der Waals surface area contributed by atoms with E-state index < -0.39 is 18.8 Å². The van der Waals surface area contributed by atoms with Gasteiger partial charge in [-0.15, -0.1) is 0 Å². The minimum absolute atomic E-state index is 0.141. The van der Waals surface area contributed by atoms with Gasteiger partial charge in [-0.05, 0) is 44.9 Å². The fourth-order valence-electron chi connectivity index (χ4n) is 2.42. The van der Waals surface area contributed by atoms with Crippen molar-refractivity contribution in [2.24, 2.45) is 0 Å². The standard InChI is InChI=1S/C25H40O5/c1-2-3-15-18-23(27)19-16-13-11-9-7-5-4-6-8-10-12-14-17-20-25(29)30-22-24(28)21-26/h3,5-8,11,13,15-16,19,23-24,26-28H,2,4,9-10,12,14,17-18,20-22H2,1H3/b7-5-,8-6-,13-11-,15-3-,19-16+. The van der Waals surface area contributed by atoms with Crippen LogP contribution in [0.3, 0.4) is 0 Å². The van der Waals surface area contributed by atoms with E-state index in [0.717, 1.165) is 44.9 Å². The predicted molar refractivity (Wildman–Crippen MR) is 123 cm³/mol. The van der Waals surface area contributed by atoms with Gasteiger partial charge in [0.2, 0.25) is 0 Å². The lowest BCUT2D eigenvalue weighted by atomic mass is 10.1. The maximum atomic E-state index is 11.4. The van der Waals surface area contributed by atoms with Crippen LogP contribution < -0.4 is 0 Å². The Morgan fingerprint density at radius 1 is 0.900 bits per heavy atom. The monoisotopic (exact) mass is 420 g/mol. The molecule has 0 amide bonds. The van der Waals surface area contributed by atoms with Crippen LogP contribution in [0.15, 0.2) is 60.8 Å². The number of hydrogen-bond donors (Lipinski definition) is 3. The Morgan fingerprint density at radius 3 is 2.37 bits per heavy atom. The highest BCUT2D eigenvalue weighted by molar-refractivity contribution is 5.69. The Labute approximate surface area is 182 Å². The summed E-state index contributed by atoms with van der Waals surface area (Å²) < 4.78 is 4.84. The van der Waals surface area contributed by atoms with E-state index in [9.17, 15) is 9.90 Å². The minimum Gasteiger partial charge on any atom is -0.463 e. The number of ether oxygens (including phenoxy) is 1. The highest BCUT2D eigenvalue weighted by atomic mass is 16.5. The van der Waals surface area contributed by atoms with Crippen molar-refractivity contribution in [1.82, 2.24) is 0 Å². The first kappa shape index (κ1) is 28.1. The smallest absolute Gasteiger partial charge is 0.305 e. The predicted octanol–water partition coefficient (Wildman–Crippen LogP) is 4.56. The fraction of sp³-hybridized carbons (Fsp3) is 0.560. The molecular weight excluding hydrogens is 380 g/mol. The number of aliphatic hydroxyl groups is 3. The van der Waals surface area contributed by atoms with Gasteiger partial charge in [0, 0.05) is 6.42 Å². The van der Waals surface area contributed by atoms with Crippen LogP contribution in [0, 0.1) is 0 Å². The summed E-state index contributed by atoms with van der Waals surface area (Å²) in [6.07, 6.45) is 26.4. The average Bonchev–Trinajstić information content (AvgIpc) is 2.74. The lowest BCUT2D eigenvalue weighted by Gasteiger charge is -2.08. The highest BCUT2D eigenvalue weighted by Gasteiger charge is 2.07. The average molecular weight is 421 g/mol. The van der Waals surface area contributed by atoms with Gasteiger partial charge in [-0.2, -0.15) is 0 Å². The molecule has 0 fully saturated rings. The molecule has 170 valence electrons. The second kappa shape index (κ2) is 21.8. The molecule has 30 heavy (non-hydrogen) atoms. The number of hydrogen-bond acceptors (Lipinski definition) is 5. The molecule has 2 unspecified atom stereocenters. The lowest BCUT2D eigenvalue weighted by Crippen LogP contribution is -2.21. The first-order valence-corrected chi connectivity index (χ1v) is 11.0. The Bertz CT molecular complexity index is 546. The molecule has 5 nitrogen and oxygen atoms in total. The van der Waals surface area contributed by atoms with Crippen molar-refractivity contribution in [2.45, 2.75) is 76.9 Å². The molecule has 0 aliphatic rings. The number of carbonyl (C=O) groups is 1. The van der Waals surface area contributed by atoms with E-state index in [1.165, 1.54) is 0 Å². The molecule has 0 aromatic heterocycles. The Balaban J connectivity index is 3.58. The Kier molecular flexibility index (Phi) is 20.3. The minimum atomic E-state index is -0.988. The Morgan fingerprint density at radius 2 is 1.63 bits per heavy atom. The van der Waals surface area contributed by atoms with E-state index in [1.54, 1.807) is 6.08 Å². The molecule has 0 aromatic rings. The molecule has 0 heterocycles. The zero-order valence-electron chi connectivity index (χ0n) is 18.4. The SMILES string of the molecule is CC/C=C\CC(O)/C=C/C=C\C/C=C\C/C=C\CCCCCC(=O)OCC(O)CO. The van der Waals surface area contributed by atoms with Crippen molar-refractivity contribution in [3.63, 3.8) is 0 Å². The van der Waals surface area contributed by atoms with Crippen LogP contribution >= 0.6 is 0 Å². The third-order valence-corrected chi connectivity index (χ3v) is 4.14. The van der Waals surface area contributed by atoms with Crippen LogP contribution in [0.2, 0.25) is 0 Å². The molecule has 0 saturated heterocycles. The van der Waals surface area contributed by atoms with E-state index in [0.29, 0.717) is 12.8 Å². The summed E-state index contributed by atoms with van der Waals surface area (Å²) >= 11 is 0. The first-order chi connectivity index (χ1) is 14.6. The summed E-state index contributed by atoms with van der Waals surface area (Å²) in [5, 5.41) is 27.4. The number of esters is 1. The van der Waals surface area contributed by atoms with Gasteiger partial charge in [-0.25, -0.2) is 0 Å². The van der Waals surface area contributed by atoms with Gasteiger partial charge in [-0.3, -0.25) is 4.79 Å². The van der Waals surface area contributed by atoms with E-state index in [2.05, 4.69) is 43.4 Å². The lowest BCUT2D eigenvalue weighted by molar-refractivity contribution is -0.147. The van der Waals surface area contributed by atoms with E-state index in [-0.39, 0.29) is 12.6 Å². The second-order valence-corrected chi connectivity index (χ2v) is 7.03. The van der Waals surface area contributed by atoms with E-state index in [4.69, 9.17) is 14.9 Å². The highest BCUT2D eigenvalue weighted by Crippen LogP contribution is 2.05. The van der Waals surface area contributed by atoms with Gasteiger partial charge in [0.1, 0.15) is 12.7 Å². The van der Waals surface area contributed by atoms with Gasteiger partial charge in [0.25, 0.3) is 0 Å². The second-order valence-electron chi connectivity index (χ2n) is 7.03. The fourth-order valence-corrected chi connectivity index (χ4v) is 2.42. The summed E-state index contributed by atoms with van der Waals surface area (Å²) in [6.45, 7) is 1.54. The molecule has 0 spiro atoms. The molecule has 0 bridgehead atoms. The molecule has 3 N–H and O–H groups in total. The van der Waals surface area contributed by atoms with Crippen LogP contribution in [0.5, 0.6) is 0 Å². The van der Waals surface area contributed by atoms with Crippen LogP contribution in [0.25, 0.3) is 0 Å². The van der Waals surface area contributed by atoms with Crippen LogP contribution in [-0.4, -0.2) is 46.7 Å². The maximum Gasteiger partial charge on any atom is 0.305 e. The summed E-state index contributed by atoms with van der Waals surface area (Å²) in [5.41, 5.74) is 0. The van der Waals surface area contributed by atoms with E-state index >= 15 is 0 Å². The van der Waals surface area contributed by atoms with Gasteiger partial charge >= 0.3 is 5.97 Å². The van der Waals surface area contributed by atoms with Gasteiger partial charge < -0.3 is 20.1 Å². The molecule has 0 radical (unpaired) electrons. The van der Waals surface area contributed by atoms with Crippen molar-refractivity contribution in [3.8, 4) is 0 Å². The quantitative estimate of drug-likeness (QED) is 0.131. The molecule has 0 aliphatic heterocycles. The number of allylic oxidation sites excluding steroid dienone is 8. The zero-order chi connectivity index (χ0) is 22.3. The van der Waals surface area contributed by atoms with Crippen molar-refractivity contribution >= 4 is 5.97 Å². The van der Waals surface area contributed by atoms with E-state index in [1.807, 2.05) is 18.2 Å². The van der Waals surface area contributed by atoms with Gasteiger partial charge in [0.05, 0.1) is 12.7 Å². The van der Waals surface area contributed by atoms with Crippen molar-refractivity contribution in [2.75, 3.05) is 13.2 Å². The zero-order valence-corrected chi connectivity index (χ0v) is 18.4. The summed E-state index contributed by atoms with van der Waals surface area (Å²) in [5.74, 6) is -0.326. The van der Waals surface area contributed by atoms with Crippen molar-refractivity contribution in [1.29, 1.82) is 0 Å². The van der Waals surface area contributed by atoms with Crippen LogP contribution in [0.1, 0.15) is 64.7 Å². The molecule has 0 rings (SSSR count). The summed E-state index contributed by atoms with van der Waals surface area (Å²) in [4.78, 5) is 11.4. The number of rotatable bonds is 18. The molecule has 5 heteroatoms.